The van der Waals surface area contributed by atoms with Crippen molar-refractivity contribution in [2.24, 2.45) is 16.2 Å². The monoisotopic (exact) mass is 428 g/mol. The first-order chi connectivity index (χ1) is 14.3. The maximum Gasteiger partial charge on any atom is 0.329 e. The number of non-ortho nitro benzene ring substituents is 1. The zero-order chi connectivity index (χ0) is 22.6. The van der Waals surface area contributed by atoms with Crippen LogP contribution in [0.25, 0.3) is 0 Å². The van der Waals surface area contributed by atoms with Gasteiger partial charge in [0.2, 0.25) is 0 Å². The number of hydrogen-bond acceptors (Lipinski definition) is 7. The standard InChI is InChI=1S/C23H28N2O6/c1-20(2)10-15-11-22(5,12-20)17-23(18(26)30-21(3,4)31-19(23)27)9-13-8-14(25(28)29)6-7-16(13)24(15)17/h6-8,15,17H,9-12H2,1-5H3/t15-,17+,22+/m1/s1. The Morgan fingerprint density at radius 3 is 2.32 bits per heavy atom. The van der Waals surface area contributed by atoms with Crippen molar-refractivity contribution in [1.82, 2.24) is 0 Å². The van der Waals surface area contributed by atoms with Crippen molar-refractivity contribution < 1.29 is 24.0 Å². The van der Waals surface area contributed by atoms with Crippen LogP contribution in [0.2, 0.25) is 0 Å². The lowest BCUT2D eigenvalue weighted by molar-refractivity contribution is -0.384. The number of nitro groups is 1. The highest BCUT2D eigenvalue weighted by Gasteiger charge is 2.72. The minimum absolute atomic E-state index is 0.0406. The molecular formula is C23H28N2O6. The lowest BCUT2D eigenvalue weighted by atomic mass is 9.57. The van der Waals surface area contributed by atoms with E-state index in [0.717, 1.165) is 24.9 Å². The van der Waals surface area contributed by atoms with Gasteiger partial charge in [-0.05, 0) is 41.7 Å². The Bertz CT molecular complexity index is 1010. The molecular weight excluding hydrogens is 400 g/mol. The molecule has 3 heterocycles. The van der Waals surface area contributed by atoms with Gasteiger partial charge in [-0.3, -0.25) is 19.7 Å². The van der Waals surface area contributed by atoms with E-state index in [-0.39, 0.29) is 29.0 Å². The van der Waals surface area contributed by atoms with Gasteiger partial charge in [-0.1, -0.05) is 20.8 Å². The summed E-state index contributed by atoms with van der Waals surface area (Å²) in [4.78, 5) is 40.3. The number of fused-ring (bicyclic) bond motifs is 8. The molecule has 166 valence electrons. The van der Waals surface area contributed by atoms with E-state index in [4.69, 9.17) is 9.47 Å². The molecule has 1 aromatic carbocycles. The minimum atomic E-state index is -1.54. The number of rotatable bonds is 1. The zero-order valence-electron chi connectivity index (χ0n) is 18.6. The van der Waals surface area contributed by atoms with E-state index in [9.17, 15) is 19.7 Å². The third-order valence-corrected chi connectivity index (χ3v) is 7.60. The van der Waals surface area contributed by atoms with Crippen LogP contribution in [0.4, 0.5) is 11.4 Å². The second-order valence-electron chi connectivity index (χ2n) is 11.3. The van der Waals surface area contributed by atoms with Crippen molar-refractivity contribution in [3.63, 3.8) is 0 Å². The Balaban J connectivity index is 1.75. The predicted octanol–water partition coefficient (Wildman–Crippen LogP) is 3.75. The van der Waals surface area contributed by atoms with Crippen LogP contribution in [0.1, 0.15) is 59.4 Å². The summed E-state index contributed by atoms with van der Waals surface area (Å²) in [7, 11) is 0. The second-order valence-corrected chi connectivity index (χ2v) is 11.3. The molecule has 3 aliphatic heterocycles. The molecule has 1 aliphatic carbocycles. The Labute approximate surface area is 181 Å². The number of nitro benzene ring substituents is 1. The van der Waals surface area contributed by atoms with Crippen LogP contribution in [-0.2, 0) is 25.5 Å². The van der Waals surface area contributed by atoms with Gasteiger partial charge in [0.05, 0.1) is 11.0 Å². The average molecular weight is 428 g/mol. The molecule has 1 aromatic rings. The van der Waals surface area contributed by atoms with E-state index >= 15 is 0 Å². The summed E-state index contributed by atoms with van der Waals surface area (Å²) < 4.78 is 11.3. The van der Waals surface area contributed by atoms with Crippen LogP contribution < -0.4 is 4.90 Å². The topological polar surface area (TPSA) is 99.0 Å². The van der Waals surface area contributed by atoms with Gasteiger partial charge in [0.25, 0.3) is 11.5 Å². The normalized spacial score (nSPS) is 33.9. The molecule has 8 heteroatoms. The maximum atomic E-state index is 13.6. The SMILES string of the molecule is CC1(C)C[C@@H]2C[C@@](C)(C1)[C@@H]1N2c2ccc([N+](=O)[O-])cc2CC12C(=O)OC(C)(C)OC2=O. The van der Waals surface area contributed by atoms with Crippen molar-refractivity contribution >= 4 is 23.3 Å². The Morgan fingerprint density at radius 1 is 1.06 bits per heavy atom. The summed E-state index contributed by atoms with van der Waals surface area (Å²) in [6.07, 6.45) is 2.68. The zero-order valence-corrected chi connectivity index (χ0v) is 18.6. The van der Waals surface area contributed by atoms with E-state index in [1.807, 2.05) is 0 Å². The molecule has 8 nitrogen and oxygen atoms in total. The summed E-state index contributed by atoms with van der Waals surface area (Å²) in [5, 5.41) is 11.4. The maximum absolute atomic E-state index is 13.6. The van der Waals surface area contributed by atoms with Crippen LogP contribution in [0, 0.1) is 26.4 Å². The smallest absolute Gasteiger partial charge is 0.329 e. The quantitative estimate of drug-likeness (QED) is 0.291. The van der Waals surface area contributed by atoms with Gasteiger partial charge in [0.15, 0.2) is 5.41 Å². The molecule has 3 atom stereocenters. The molecule has 2 saturated heterocycles. The minimum Gasteiger partial charge on any atom is -0.422 e. The number of carbonyl (C=O) groups is 2. The number of nitrogens with zero attached hydrogens (tertiary/aromatic N) is 2. The lowest BCUT2D eigenvalue weighted by Gasteiger charge is -2.53. The van der Waals surface area contributed by atoms with Crippen molar-refractivity contribution in [3.8, 4) is 0 Å². The van der Waals surface area contributed by atoms with Crippen LogP contribution in [0.3, 0.4) is 0 Å². The van der Waals surface area contributed by atoms with Crippen molar-refractivity contribution in [3.05, 3.63) is 33.9 Å². The molecule has 3 fully saturated rings. The van der Waals surface area contributed by atoms with E-state index in [0.29, 0.717) is 5.56 Å². The van der Waals surface area contributed by atoms with Crippen molar-refractivity contribution in [2.75, 3.05) is 4.90 Å². The van der Waals surface area contributed by atoms with Gasteiger partial charge in [0, 0.05) is 44.1 Å². The highest BCUT2D eigenvalue weighted by atomic mass is 16.7. The van der Waals surface area contributed by atoms with Gasteiger partial charge in [-0.15, -0.1) is 0 Å². The lowest BCUT2D eigenvalue weighted by Crippen LogP contribution is -2.67. The summed E-state index contributed by atoms with van der Waals surface area (Å²) in [6, 6.07) is 4.48. The van der Waals surface area contributed by atoms with E-state index in [1.54, 1.807) is 19.9 Å². The van der Waals surface area contributed by atoms with E-state index in [1.165, 1.54) is 12.1 Å². The fourth-order valence-electron chi connectivity index (χ4n) is 7.18. The first kappa shape index (κ1) is 20.3. The van der Waals surface area contributed by atoms with E-state index in [2.05, 4.69) is 25.7 Å². The number of ether oxygens (including phenoxy) is 2. The Morgan fingerprint density at radius 2 is 1.71 bits per heavy atom. The predicted molar refractivity (Wildman–Crippen MR) is 111 cm³/mol. The van der Waals surface area contributed by atoms with Crippen LogP contribution in [0.15, 0.2) is 18.2 Å². The largest absolute Gasteiger partial charge is 0.422 e. The molecule has 0 N–H and O–H groups in total. The highest BCUT2D eigenvalue weighted by molar-refractivity contribution is 6.04. The molecule has 31 heavy (non-hydrogen) atoms. The Kier molecular flexibility index (Phi) is 3.78. The molecule has 1 spiro atoms. The fourth-order valence-corrected chi connectivity index (χ4v) is 7.18. The fraction of sp³-hybridized carbons (Fsp3) is 0.652. The van der Waals surface area contributed by atoms with Crippen LogP contribution in [0.5, 0.6) is 0 Å². The van der Waals surface area contributed by atoms with Gasteiger partial charge in [-0.25, -0.2) is 0 Å². The van der Waals surface area contributed by atoms with Gasteiger partial charge in [0.1, 0.15) is 0 Å². The van der Waals surface area contributed by atoms with Crippen molar-refractivity contribution in [2.45, 2.75) is 78.2 Å². The molecule has 2 bridgehead atoms. The number of hydrogen-bond donors (Lipinski definition) is 0. The van der Waals surface area contributed by atoms with Crippen LogP contribution in [-0.4, -0.2) is 34.7 Å². The summed E-state index contributed by atoms with van der Waals surface area (Å²) in [6.45, 7) is 9.70. The number of anilines is 1. The molecule has 0 unspecified atom stereocenters. The third kappa shape index (κ3) is 2.66. The molecule has 4 aliphatic rings. The summed E-state index contributed by atoms with van der Waals surface area (Å²) in [5.41, 5.74) is -0.364. The van der Waals surface area contributed by atoms with Gasteiger partial charge < -0.3 is 14.4 Å². The second kappa shape index (κ2) is 5.78. The van der Waals surface area contributed by atoms with Crippen LogP contribution >= 0.6 is 0 Å². The van der Waals surface area contributed by atoms with Crippen molar-refractivity contribution in [1.29, 1.82) is 0 Å². The number of cyclic esters (lactones) is 2. The molecule has 0 aromatic heterocycles. The number of benzene rings is 1. The molecule has 0 amide bonds. The van der Waals surface area contributed by atoms with Gasteiger partial charge >= 0.3 is 11.9 Å². The van der Waals surface area contributed by atoms with Gasteiger partial charge in [-0.2, -0.15) is 0 Å². The molecule has 5 rings (SSSR count). The first-order valence-corrected chi connectivity index (χ1v) is 10.8. The highest BCUT2D eigenvalue weighted by Crippen LogP contribution is 2.64. The third-order valence-electron chi connectivity index (χ3n) is 7.60. The summed E-state index contributed by atoms with van der Waals surface area (Å²) >= 11 is 0. The first-order valence-electron chi connectivity index (χ1n) is 10.8. The number of esters is 2. The summed E-state index contributed by atoms with van der Waals surface area (Å²) in [5.74, 6) is -2.51. The molecule has 1 saturated carbocycles. The average Bonchev–Trinajstić information content (AvgIpc) is 2.84. The number of carbonyl (C=O) groups excluding carboxylic acids is 2. The molecule has 0 radical (unpaired) electrons. The van der Waals surface area contributed by atoms with E-state index < -0.39 is 34.1 Å². The Hall–Kier alpha value is -2.64.